The molecule has 0 aliphatic carbocycles. The Labute approximate surface area is 117 Å². The van der Waals surface area contributed by atoms with Crippen molar-refractivity contribution in [2.75, 3.05) is 26.2 Å². The van der Waals surface area contributed by atoms with Gasteiger partial charge in [-0.2, -0.15) is 0 Å². The van der Waals surface area contributed by atoms with E-state index in [0.29, 0.717) is 0 Å². The normalized spacial score (nSPS) is 19.4. The third-order valence-electron chi connectivity index (χ3n) is 4.44. The molecule has 3 heteroatoms. The van der Waals surface area contributed by atoms with E-state index in [0.717, 1.165) is 32.6 Å². The fourth-order valence-corrected chi connectivity index (χ4v) is 2.81. The minimum atomic E-state index is -0.00414. The van der Waals surface area contributed by atoms with Gasteiger partial charge in [-0.1, -0.05) is 31.2 Å². The molecular weight excluding hydrogens is 234 g/mol. The fourth-order valence-electron chi connectivity index (χ4n) is 2.81. The van der Waals surface area contributed by atoms with Gasteiger partial charge in [0, 0.05) is 37.8 Å². The molecule has 1 aromatic carbocycles. The van der Waals surface area contributed by atoms with Crippen molar-refractivity contribution in [3.63, 3.8) is 0 Å². The Morgan fingerprint density at radius 1 is 1.21 bits per heavy atom. The first-order valence-corrected chi connectivity index (χ1v) is 7.36. The lowest BCUT2D eigenvalue weighted by Gasteiger charge is -2.45. The van der Waals surface area contributed by atoms with E-state index in [4.69, 9.17) is 5.73 Å². The van der Waals surface area contributed by atoms with Crippen molar-refractivity contribution in [1.82, 2.24) is 10.2 Å². The quantitative estimate of drug-likeness (QED) is 0.870. The van der Waals surface area contributed by atoms with Crippen molar-refractivity contribution in [3.05, 3.63) is 35.4 Å². The Balaban J connectivity index is 2.13. The Bertz CT molecular complexity index is 391. The van der Waals surface area contributed by atoms with Crippen LogP contribution in [0.25, 0.3) is 0 Å². The van der Waals surface area contributed by atoms with Crippen LogP contribution in [-0.2, 0) is 6.42 Å². The van der Waals surface area contributed by atoms with Gasteiger partial charge in [0.05, 0.1) is 0 Å². The van der Waals surface area contributed by atoms with Crippen LogP contribution in [0, 0.1) is 0 Å². The molecule has 1 heterocycles. The molecule has 106 valence electrons. The third-order valence-corrected chi connectivity index (χ3v) is 4.44. The molecule has 2 rings (SSSR count). The van der Waals surface area contributed by atoms with Crippen molar-refractivity contribution < 1.29 is 0 Å². The van der Waals surface area contributed by atoms with E-state index in [1.54, 1.807) is 0 Å². The number of hydrogen-bond acceptors (Lipinski definition) is 3. The summed E-state index contributed by atoms with van der Waals surface area (Å²) in [6.07, 6.45) is 1.08. The van der Waals surface area contributed by atoms with E-state index in [1.165, 1.54) is 11.1 Å². The maximum Gasteiger partial charge on any atom is 0.0476 e. The smallest absolute Gasteiger partial charge is 0.0476 e. The van der Waals surface area contributed by atoms with Gasteiger partial charge in [0.25, 0.3) is 0 Å². The number of piperazine rings is 1. The summed E-state index contributed by atoms with van der Waals surface area (Å²) in [5, 5.41) is 3.40. The zero-order valence-electron chi connectivity index (χ0n) is 12.4. The molecule has 3 N–H and O–H groups in total. The lowest BCUT2D eigenvalue weighted by Crippen LogP contribution is -2.57. The molecule has 1 unspecified atom stereocenters. The monoisotopic (exact) mass is 261 g/mol. The van der Waals surface area contributed by atoms with Crippen LogP contribution in [-0.4, -0.2) is 36.6 Å². The van der Waals surface area contributed by atoms with Crippen LogP contribution in [0.4, 0.5) is 0 Å². The van der Waals surface area contributed by atoms with Gasteiger partial charge in [0.2, 0.25) is 0 Å². The highest BCUT2D eigenvalue weighted by Crippen LogP contribution is 2.29. The average Bonchev–Trinajstić information content (AvgIpc) is 2.47. The van der Waals surface area contributed by atoms with Crippen LogP contribution in [0.1, 0.15) is 37.9 Å². The zero-order valence-corrected chi connectivity index (χ0v) is 12.4. The maximum atomic E-state index is 6.53. The Hall–Kier alpha value is -0.900. The third kappa shape index (κ3) is 3.16. The average molecular weight is 261 g/mol. The predicted molar refractivity (Wildman–Crippen MR) is 81.3 cm³/mol. The molecule has 1 aliphatic heterocycles. The van der Waals surface area contributed by atoms with Gasteiger partial charge in [-0.05, 0) is 31.4 Å². The molecule has 0 aromatic heterocycles. The summed E-state index contributed by atoms with van der Waals surface area (Å²) >= 11 is 0. The predicted octanol–water partition coefficient (Wildman–Crippen LogP) is 1.93. The number of nitrogens with zero attached hydrogens (tertiary/aromatic N) is 1. The second kappa shape index (κ2) is 6.04. The molecule has 0 spiro atoms. The summed E-state index contributed by atoms with van der Waals surface area (Å²) < 4.78 is 0. The van der Waals surface area contributed by atoms with Crippen molar-refractivity contribution in [3.8, 4) is 0 Å². The lowest BCUT2D eigenvalue weighted by atomic mass is 9.86. The van der Waals surface area contributed by atoms with Crippen LogP contribution in [0.15, 0.2) is 24.3 Å². The number of nitrogens with one attached hydrogen (secondary N) is 1. The highest BCUT2D eigenvalue weighted by atomic mass is 15.2. The molecule has 0 saturated carbocycles. The molecule has 3 nitrogen and oxygen atoms in total. The first-order chi connectivity index (χ1) is 9.05. The fraction of sp³-hybridized carbons (Fsp3) is 0.625. The van der Waals surface area contributed by atoms with Gasteiger partial charge in [-0.15, -0.1) is 0 Å². The van der Waals surface area contributed by atoms with E-state index in [2.05, 4.69) is 55.3 Å². The van der Waals surface area contributed by atoms with Crippen LogP contribution in [0.3, 0.4) is 0 Å². The standard InChI is InChI=1S/C16H27N3/c1-4-13-5-7-14(8-6-13)15(17)16(2,3)19-11-9-18-10-12-19/h5-8,15,18H,4,9-12,17H2,1-3H3. The van der Waals surface area contributed by atoms with E-state index >= 15 is 0 Å². The van der Waals surface area contributed by atoms with Crippen LogP contribution >= 0.6 is 0 Å². The first kappa shape index (κ1) is 14.5. The molecule has 1 aliphatic rings. The summed E-state index contributed by atoms with van der Waals surface area (Å²) in [6, 6.07) is 8.82. The maximum absolute atomic E-state index is 6.53. The second-order valence-electron chi connectivity index (χ2n) is 5.96. The molecule has 0 bridgehead atoms. The van der Waals surface area contributed by atoms with E-state index < -0.39 is 0 Å². The lowest BCUT2D eigenvalue weighted by molar-refractivity contribution is 0.0800. The molecule has 0 amide bonds. The van der Waals surface area contributed by atoms with Gasteiger partial charge >= 0.3 is 0 Å². The molecule has 1 saturated heterocycles. The first-order valence-electron chi connectivity index (χ1n) is 7.36. The molecule has 1 atom stereocenters. The minimum absolute atomic E-state index is 0.00414. The van der Waals surface area contributed by atoms with E-state index in [-0.39, 0.29) is 11.6 Å². The van der Waals surface area contributed by atoms with Crippen LogP contribution < -0.4 is 11.1 Å². The van der Waals surface area contributed by atoms with Crippen LogP contribution in [0.5, 0.6) is 0 Å². The SMILES string of the molecule is CCc1ccc(C(N)C(C)(C)N2CCNCC2)cc1. The van der Waals surface area contributed by atoms with Crippen molar-refractivity contribution in [2.24, 2.45) is 5.73 Å². The van der Waals surface area contributed by atoms with E-state index in [9.17, 15) is 0 Å². The highest BCUT2D eigenvalue weighted by molar-refractivity contribution is 5.27. The van der Waals surface area contributed by atoms with E-state index in [1.807, 2.05) is 0 Å². The van der Waals surface area contributed by atoms with Gasteiger partial charge in [0.1, 0.15) is 0 Å². The molecule has 19 heavy (non-hydrogen) atoms. The summed E-state index contributed by atoms with van der Waals surface area (Å²) in [7, 11) is 0. The van der Waals surface area contributed by atoms with Gasteiger partial charge < -0.3 is 11.1 Å². The van der Waals surface area contributed by atoms with Gasteiger partial charge in [-0.3, -0.25) is 4.90 Å². The molecular formula is C16H27N3. The molecule has 1 aromatic rings. The highest BCUT2D eigenvalue weighted by Gasteiger charge is 2.34. The Morgan fingerprint density at radius 3 is 2.32 bits per heavy atom. The number of benzene rings is 1. The second-order valence-corrected chi connectivity index (χ2v) is 5.96. The Morgan fingerprint density at radius 2 is 1.79 bits per heavy atom. The topological polar surface area (TPSA) is 41.3 Å². The molecule has 1 fully saturated rings. The number of hydrogen-bond donors (Lipinski definition) is 2. The summed E-state index contributed by atoms with van der Waals surface area (Å²) in [5.41, 5.74) is 9.14. The summed E-state index contributed by atoms with van der Waals surface area (Å²) in [5.74, 6) is 0. The number of nitrogens with two attached hydrogens (primary N) is 1. The zero-order chi connectivity index (χ0) is 13.9. The summed E-state index contributed by atoms with van der Waals surface area (Å²) in [4.78, 5) is 2.50. The Kier molecular flexibility index (Phi) is 4.61. The van der Waals surface area contributed by atoms with Gasteiger partial charge in [-0.25, -0.2) is 0 Å². The number of aryl methyl sites for hydroxylation is 1. The number of rotatable bonds is 4. The summed E-state index contributed by atoms with van der Waals surface area (Å²) in [6.45, 7) is 11.0. The van der Waals surface area contributed by atoms with Crippen molar-refractivity contribution >= 4 is 0 Å². The minimum Gasteiger partial charge on any atom is -0.322 e. The van der Waals surface area contributed by atoms with Crippen LogP contribution in [0.2, 0.25) is 0 Å². The van der Waals surface area contributed by atoms with Crippen molar-refractivity contribution in [2.45, 2.75) is 38.8 Å². The van der Waals surface area contributed by atoms with Crippen molar-refractivity contribution in [1.29, 1.82) is 0 Å². The largest absolute Gasteiger partial charge is 0.322 e. The molecule has 0 radical (unpaired) electrons. The van der Waals surface area contributed by atoms with Gasteiger partial charge in [0.15, 0.2) is 0 Å².